The molecule has 2 aliphatic heterocycles. The van der Waals surface area contributed by atoms with Crippen molar-refractivity contribution in [3.05, 3.63) is 41.3 Å². The van der Waals surface area contributed by atoms with E-state index in [1.54, 1.807) is 12.4 Å². The Morgan fingerprint density at radius 3 is 2.36 bits per heavy atom. The number of nitrogen functional groups attached to an aromatic ring is 1. The fourth-order valence-electron chi connectivity index (χ4n) is 6.09. The van der Waals surface area contributed by atoms with E-state index in [1.807, 2.05) is 19.1 Å². The summed E-state index contributed by atoms with van der Waals surface area (Å²) in [6.07, 6.45) is 2.54. The fraction of sp³-hybridized carbons (Fsp3) is 0.423. The van der Waals surface area contributed by atoms with Gasteiger partial charge < -0.3 is 16.4 Å². The predicted octanol–water partition coefficient (Wildman–Crippen LogP) is 3.34. The number of aromatic nitrogens is 5. The minimum atomic E-state index is -4.86. The molecule has 0 spiro atoms. The molecule has 0 aromatic carbocycles. The van der Waals surface area contributed by atoms with Crippen LogP contribution in [-0.4, -0.2) is 74.3 Å². The standard InChI is InChI=1S/C26H27F3N8O3S2/c1-12-9-33-24(41-12)18-6-3-13(10-32-18)17-11-34-37-22(31)20(42(2,39)40)19(35-23(17)37)14-7-15-4-5-16(8-14)36(15)25(38)21(30)26(27,28)29/h3,6,9-11,14-16,21H,4-5,7-8,30-31H2,1-2H3/t14-,15-,16+,21?. The van der Waals surface area contributed by atoms with Gasteiger partial charge in [-0.2, -0.15) is 22.8 Å². The zero-order valence-corrected chi connectivity index (χ0v) is 24.2. The van der Waals surface area contributed by atoms with Crippen LogP contribution in [0.4, 0.5) is 19.0 Å². The molecule has 42 heavy (non-hydrogen) atoms. The van der Waals surface area contributed by atoms with Crippen molar-refractivity contribution in [1.82, 2.24) is 29.5 Å². The Balaban J connectivity index is 1.39. The first-order valence-electron chi connectivity index (χ1n) is 13.1. The molecule has 1 unspecified atom stereocenters. The number of fused-ring (bicyclic) bond motifs is 3. The summed E-state index contributed by atoms with van der Waals surface area (Å²) in [5.74, 6) is -1.75. The number of pyridine rings is 1. The lowest BCUT2D eigenvalue weighted by Gasteiger charge is -2.40. The maximum Gasteiger partial charge on any atom is 0.412 e. The highest BCUT2D eigenvalue weighted by Gasteiger charge is 2.51. The summed E-state index contributed by atoms with van der Waals surface area (Å²) in [7, 11) is -3.89. The summed E-state index contributed by atoms with van der Waals surface area (Å²) < 4.78 is 66.9. The fourth-order valence-corrected chi connectivity index (χ4v) is 7.89. The molecule has 0 radical (unpaired) electrons. The molecule has 11 nitrogen and oxygen atoms in total. The highest BCUT2D eigenvalue weighted by molar-refractivity contribution is 7.91. The molecule has 0 aliphatic carbocycles. The van der Waals surface area contributed by atoms with Crippen LogP contribution in [0, 0.1) is 6.92 Å². The van der Waals surface area contributed by atoms with Crippen molar-refractivity contribution in [1.29, 1.82) is 0 Å². The zero-order chi connectivity index (χ0) is 30.1. The Bertz CT molecular complexity index is 1790. The van der Waals surface area contributed by atoms with Crippen LogP contribution in [0.3, 0.4) is 0 Å². The quantitative estimate of drug-likeness (QED) is 0.341. The second-order valence-corrected chi connectivity index (χ2v) is 14.0. The number of halogens is 3. The zero-order valence-electron chi connectivity index (χ0n) is 22.5. The third kappa shape index (κ3) is 4.80. The number of nitrogens with zero attached hydrogens (tertiary/aromatic N) is 6. The van der Waals surface area contributed by atoms with Gasteiger partial charge in [-0.3, -0.25) is 9.78 Å². The topological polar surface area (TPSA) is 162 Å². The summed E-state index contributed by atoms with van der Waals surface area (Å²) in [6, 6.07) is -0.00838. The van der Waals surface area contributed by atoms with Crippen molar-refractivity contribution in [2.75, 3.05) is 12.0 Å². The van der Waals surface area contributed by atoms with E-state index in [0.717, 1.165) is 16.1 Å². The smallest absolute Gasteiger partial charge is 0.382 e. The predicted molar refractivity (Wildman–Crippen MR) is 149 cm³/mol. The van der Waals surface area contributed by atoms with Gasteiger partial charge >= 0.3 is 6.18 Å². The second-order valence-electron chi connectivity index (χ2n) is 10.8. The largest absolute Gasteiger partial charge is 0.412 e. The number of carbonyl (C=O) groups excluding carboxylic acids is 1. The maximum atomic E-state index is 13.2. The van der Waals surface area contributed by atoms with Gasteiger partial charge in [-0.05, 0) is 38.7 Å². The van der Waals surface area contributed by atoms with Gasteiger partial charge in [0.05, 0.1) is 17.6 Å². The molecule has 4 atom stereocenters. The lowest BCUT2D eigenvalue weighted by molar-refractivity contribution is -0.173. The first-order chi connectivity index (χ1) is 19.7. The van der Waals surface area contributed by atoms with Crippen LogP contribution in [0.2, 0.25) is 0 Å². The van der Waals surface area contributed by atoms with Crippen molar-refractivity contribution >= 4 is 38.5 Å². The number of anilines is 1. The minimum Gasteiger partial charge on any atom is -0.382 e. The van der Waals surface area contributed by atoms with Crippen molar-refractivity contribution < 1.29 is 26.4 Å². The Morgan fingerprint density at radius 1 is 1.12 bits per heavy atom. The molecular weight excluding hydrogens is 593 g/mol. The number of hydrogen-bond acceptors (Lipinski definition) is 10. The van der Waals surface area contributed by atoms with E-state index in [9.17, 15) is 26.4 Å². The van der Waals surface area contributed by atoms with E-state index in [2.05, 4.69) is 15.1 Å². The van der Waals surface area contributed by atoms with E-state index in [0.29, 0.717) is 35.3 Å². The maximum absolute atomic E-state index is 13.2. The van der Waals surface area contributed by atoms with E-state index in [-0.39, 0.29) is 29.2 Å². The van der Waals surface area contributed by atoms with Gasteiger partial charge in [-0.15, -0.1) is 11.3 Å². The molecule has 0 saturated carbocycles. The number of nitrogens with two attached hydrogens (primary N) is 2. The number of piperidine rings is 1. The molecule has 4 aromatic heterocycles. The van der Waals surface area contributed by atoms with E-state index in [1.165, 1.54) is 26.9 Å². The molecule has 2 aliphatic rings. The first-order valence-corrected chi connectivity index (χ1v) is 15.9. The van der Waals surface area contributed by atoms with Gasteiger partial charge in [0.2, 0.25) is 5.91 Å². The lowest BCUT2D eigenvalue weighted by Crippen LogP contribution is -2.57. The van der Waals surface area contributed by atoms with Crippen LogP contribution in [0.5, 0.6) is 0 Å². The lowest BCUT2D eigenvalue weighted by atomic mass is 9.87. The van der Waals surface area contributed by atoms with Gasteiger partial charge in [0.15, 0.2) is 21.5 Å². The van der Waals surface area contributed by atoms with Crippen LogP contribution < -0.4 is 11.5 Å². The Hall–Kier alpha value is -3.63. The second kappa shape index (κ2) is 9.98. The van der Waals surface area contributed by atoms with Crippen LogP contribution in [-0.2, 0) is 14.6 Å². The summed E-state index contributed by atoms with van der Waals surface area (Å²) in [6.45, 7) is 1.96. The van der Waals surface area contributed by atoms with Crippen LogP contribution >= 0.6 is 11.3 Å². The van der Waals surface area contributed by atoms with Crippen LogP contribution in [0.1, 0.15) is 42.2 Å². The van der Waals surface area contributed by atoms with Crippen molar-refractivity contribution in [3.8, 4) is 21.8 Å². The number of rotatable bonds is 5. The molecule has 1 amide bonds. The van der Waals surface area contributed by atoms with Crippen LogP contribution in [0.25, 0.3) is 27.5 Å². The molecule has 2 fully saturated rings. The average molecular weight is 621 g/mol. The van der Waals surface area contributed by atoms with E-state index < -0.39 is 46.0 Å². The van der Waals surface area contributed by atoms with Gasteiger partial charge in [0.25, 0.3) is 0 Å². The SMILES string of the molecule is Cc1cnc(-c2ccc(-c3cnn4c(N)c(S(C)(=O)=O)c([C@@H]5C[C@H]6CC[C@@H](C5)N6C(=O)C(N)C(F)(F)F)nc34)cn2)s1. The van der Waals surface area contributed by atoms with Gasteiger partial charge in [0, 0.05) is 52.7 Å². The molecule has 2 saturated heterocycles. The number of sulfone groups is 1. The Kier molecular flexibility index (Phi) is 6.77. The average Bonchev–Trinajstić information content (AvgIpc) is 3.62. The Labute approximate surface area is 242 Å². The number of carbonyl (C=O) groups is 1. The molecular formula is C26H27F3N8O3S2. The summed E-state index contributed by atoms with van der Waals surface area (Å²) >= 11 is 1.52. The van der Waals surface area contributed by atoms with Crippen molar-refractivity contribution in [2.45, 2.75) is 67.7 Å². The third-order valence-electron chi connectivity index (χ3n) is 7.94. The third-order valence-corrected chi connectivity index (χ3v) is 10.0. The molecule has 222 valence electrons. The van der Waals surface area contributed by atoms with Crippen molar-refractivity contribution in [3.63, 3.8) is 0 Å². The van der Waals surface area contributed by atoms with Gasteiger partial charge in [-0.1, -0.05) is 6.07 Å². The number of thiazole rings is 1. The van der Waals surface area contributed by atoms with Crippen molar-refractivity contribution in [2.24, 2.45) is 5.73 Å². The first kappa shape index (κ1) is 28.5. The minimum absolute atomic E-state index is 0.114. The summed E-state index contributed by atoms with van der Waals surface area (Å²) in [5.41, 5.74) is 14.1. The molecule has 2 bridgehead atoms. The molecule has 4 aromatic rings. The van der Waals surface area contributed by atoms with Crippen LogP contribution in [0.15, 0.2) is 35.6 Å². The van der Waals surface area contributed by atoms with Gasteiger partial charge in [-0.25, -0.2) is 18.4 Å². The molecule has 4 N–H and O–H groups in total. The number of amides is 1. The normalized spacial score (nSPS) is 21.7. The highest BCUT2D eigenvalue weighted by atomic mass is 32.2. The summed E-state index contributed by atoms with van der Waals surface area (Å²) in [4.78, 5) is 28.5. The van der Waals surface area contributed by atoms with E-state index in [4.69, 9.17) is 16.5 Å². The molecule has 6 heterocycles. The van der Waals surface area contributed by atoms with E-state index >= 15 is 0 Å². The van der Waals surface area contributed by atoms with Gasteiger partial charge in [0.1, 0.15) is 15.7 Å². The monoisotopic (exact) mass is 620 g/mol. The molecule has 6 rings (SSSR count). The number of alkyl halides is 3. The Morgan fingerprint density at radius 2 is 1.81 bits per heavy atom. The highest BCUT2D eigenvalue weighted by Crippen LogP contribution is 2.46. The number of hydrogen-bond donors (Lipinski definition) is 2. The number of aryl methyl sites for hydroxylation is 1. The molecule has 16 heteroatoms. The summed E-state index contributed by atoms with van der Waals surface area (Å²) in [5, 5.41) is 5.09.